The van der Waals surface area contributed by atoms with Crippen LogP contribution in [0.5, 0.6) is 0 Å². The molecule has 1 aliphatic rings. The molecule has 0 unspecified atom stereocenters. The summed E-state index contributed by atoms with van der Waals surface area (Å²) in [7, 11) is -3.62. The summed E-state index contributed by atoms with van der Waals surface area (Å²) in [6.07, 6.45) is 2.87. The fourth-order valence-corrected chi connectivity index (χ4v) is 7.30. The number of nitrogens with one attached hydrogen (secondary N) is 1. The molecule has 2 heterocycles. The highest BCUT2D eigenvalue weighted by molar-refractivity contribution is 7.91. The van der Waals surface area contributed by atoms with Crippen molar-refractivity contribution in [2.45, 2.75) is 11.1 Å². The van der Waals surface area contributed by atoms with Gasteiger partial charge in [-0.05, 0) is 53.8 Å². The van der Waals surface area contributed by atoms with Crippen LogP contribution >= 0.6 is 22.9 Å². The van der Waals surface area contributed by atoms with Crippen molar-refractivity contribution in [3.05, 3.63) is 64.7 Å². The third-order valence-corrected chi connectivity index (χ3v) is 9.47. The number of anilines is 1. The minimum atomic E-state index is -3.62. The summed E-state index contributed by atoms with van der Waals surface area (Å²) in [5, 5.41) is 10.1. The standard InChI is InChI=1S/C22H22ClN3O4S2/c1-15-18-14-17(23)7-8-20(18)31-22(15)32(29,30)26-12-10-25(11-13-26)19-5-3-2-4-16(19)6-9-21(27)24-28/h2-9,14,28H,10-13H2,1H3,(H,24,27). The number of amides is 1. The Morgan fingerprint density at radius 1 is 1.16 bits per heavy atom. The number of nitrogens with zero attached hydrogens (tertiary/aromatic N) is 2. The van der Waals surface area contributed by atoms with Crippen molar-refractivity contribution in [1.29, 1.82) is 0 Å². The lowest BCUT2D eigenvalue weighted by molar-refractivity contribution is -0.124. The van der Waals surface area contributed by atoms with Gasteiger partial charge in [-0.3, -0.25) is 10.0 Å². The smallest absolute Gasteiger partial charge is 0.267 e. The first-order valence-corrected chi connectivity index (χ1v) is 12.6. The van der Waals surface area contributed by atoms with E-state index >= 15 is 0 Å². The summed E-state index contributed by atoms with van der Waals surface area (Å²) in [4.78, 5) is 13.4. The van der Waals surface area contributed by atoms with Crippen LogP contribution < -0.4 is 10.4 Å². The molecule has 1 saturated heterocycles. The van der Waals surface area contributed by atoms with Crippen molar-refractivity contribution in [2.24, 2.45) is 0 Å². The fraction of sp³-hybridized carbons (Fsp3) is 0.227. The number of thiophene rings is 1. The van der Waals surface area contributed by atoms with Gasteiger partial charge in [0.15, 0.2) is 0 Å². The Hall–Kier alpha value is -2.43. The Labute approximate surface area is 195 Å². The highest BCUT2D eigenvalue weighted by atomic mass is 35.5. The Bertz CT molecular complexity index is 1300. The molecule has 1 fully saturated rings. The molecule has 10 heteroatoms. The molecule has 0 bridgehead atoms. The van der Waals surface area contributed by atoms with Crippen LogP contribution in [-0.2, 0) is 14.8 Å². The van der Waals surface area contributed by atoms with Crippen LogP contribution in [0.4, 0.5) is 5.69 Å². The summed E-state index contributed by atoms with van der Waals surface area (Å²) in [6, 6.07) is 13.0. The number of halogens is 1. The number of benzene rings is 2. The number of sulfonamides is 1. The van der Waals surface area contributed by atoms with E-state index in [1.807, 2.05) is 37.3 Å². The number of aryl methyl sites for hydroxylation is 1. The molecule has 3 aromatic rings. The SMILES string of the molecule is Cc1c(S(=O)(=O)N2CCN(c3ccccc3C=CC(=O)NO)CC2)sc2ccc(Cl)cc12. The zero-order valence-electron chi connectivity index (χ0n) is 17.3. The van der Waals surface area contributed by atoms with Gasteiger partial charge in [0.2, 0.25) is 0 Å². The average molecular weight is 492 g/mol. The molecule has 2 N–H and O–H groups in total. The summed E-state index contributed by atoms with van der Waals surface area (Å²) < 4.78 is 29.6. The Morgan fingerprint density at radius 2 is 1.88 bits per heavy atom. The number of hydrogen-bond donors (Lipinski definition) is 2. The molecule has 0 atom stereocenters. The maximum absolute atomic E-state index is 13.4. The molecule has 7 nitrogen and oxygen atoms in total. The van der Waals surface area contributed by atoms with Crippen LogP contribution in [0.2, 0.25) is 5.02 Å². The number of para-hydroxylation sites is 1. The first-order chi connectivity index (χ1) is 15.3. The number of hydroxylamine groups is 1. The second-order valence-corrected chi connectivity index (χ2v) is 11.0. The van der Waals surface area contributed by atoms with Gasteiger partial charge in [-0.2, -0.15) is 4.31 Å². The van der Waals surface area contributed by atoms with E-state index in [4.69, 9.17) is 16.8 Å². The minimum Gasteiger partial charge on any atom is -0.368 e. The van der Waals surface area contributed by atoms with Gasteiger partial charge < -0.3 is 4.90 Å². The highest BCUT2D eigenvalue weighted by Crippen LogP contribution is 2.37. The summed E-state index contributed by atoms with van der Waals surface area (Å²) in [5.74, 6) is -0.615. The van der Waals surface area contributed by atoms with Crippen LogP contribution in [-0.4, -0.2) is 50.0 Å². The van der Waals surface area contributed by atoms with Crippen molar-refractivity contribution < 1.29 is 18.4 Å². The van der Waals surface area contributed by atoms with Gasteiger partial charge in [-0.1, -0.05) is 29.8 Å². The fourth-order valence-electron chi connectivity index (χ4n) is 3.82. The maximum Gasteiger partial charge on any atom is 0.267 e. The van der Waals surface area contributed by atoms with E-state index in [9.17, 15) is 13.2 Å². The molecule has 4 rings (SSSR count). The second kappa shape index (κ2) is 9.21. The van der Waals surface area contributed by atoms with Gasteiger partial charge in [0.05, 0.1) is 0 Å². The molecule has 1 aromatic heterocycles. The third kappa shape index (κ3) is 4.39. The predicted molar refractivity (Wildman–Crippen MR) is 128 cm³/mol. The molecule has 0 saturated carbocycles. The number of carbonyl (C=O) groups is 1. The van der Waals surface area contributed by atoms with E-state index in [1.165, 1.54) is 21.7 Å². The zero-order chi connectivity index (χ0) is 22.9. The first-order valence-electron chi connectivity index (χ1n) is 9.96. The number of carbonyl (C=O) groups excluding carboxylic acids is 1. The minimum absolute atomic E-state index is 0.353. The topological polar surface area (TPSA) is 90.0 Å². The molecule has 168 valence electrons. The lowest BCUT2D eigenvalue weighted by atomic mass is 10.1. The van der Waals surface area contributed by atoms with Crippen LogP contribution in [0.1, 0.15) is 11.1 Å². The maximum atomic E-state index is 13.4. The number of fused-ring (bicyclic) bond motifs is 1. The average Bonchev–Trinajstić information content (AvgIpc) is 3.14. The van der Waals surface area contributed by atoms with E-state index in [-0.39, 0.29) is 0 Å². The molecule has 1 aliphatic heterocycles. The Kier molecular flexibility index (Phi) is 6.55. The molecule has 0 radical (unpaired) electrons. The lowest BCUT2D eigenvalue weighted by Gasteiger charge is -2.36. The van der Waals surface area contributed by atoms with E-state index in [0.717, 1.165) is 26.9 Å². The predicted octanol–water partition coefficient (Wildman–Crippen LogP) is 3.89. The van der Waals surface area contributed by atoms with Gasteiger partial charge >= 0.3 is 0 Å². The van der Waals surface area contributed by atoms with Crippen LogP contribution in [0.3, 0.4) is 0 Å². The lowest BCUT2D eigenvalue weighted by Crippen LogP contribution is -2.48. The Morgan fingerprint density at radius 3 is 2.59 bits per heavy atom. The quantitative estimate of drug-likeness (QED) is 0.321. The monoisotopic (exact) mass is 491 g/mol. The molecule has 2 aromatic carbocycles. The highest BCUT2D eigenvalue weighted by Gasteiger charge is 2.32. The van der Waals surface area contributed by atoms with Crippen LogP contribution in [0.25, 0.3) is 16.2 Å². The van der Waals surface area contributed by atoms with Crippen molar-refractivity contribution in [1.82, 2.24) is 9.79 Å². The van der Waals surface area contributed by atoms with E-state index in [0.29, 0.717) is 35.4 Å². The molecule has 1 amide bonds. The van der Waals surface area contributed by atoms with Crippen molar-refractivity contribution in [3.8, 4) is 0 Å². The van der Waals surface area contributed by atoms with E-state index in [1.54, 1.807) is 23.7 Å². The summed E-state index contributed by atoms with van der Waals surface area (Å²) >= 11 is 7.37. The third-order valence-electron chi connectivity index (χ3n) is 5.47. The first kappa shape index (κ1) is 22.8. The van der Waals surface area contributed by atoms with Crippen molar-refractivity contribution in [2.75, 3.05) is 31.1 Å². The summed E-state index contributed by atoms with van der Waals surface area (Å²) in [6.45, 7) is 3.57. The van der Waals surface area contributed by atoms with Gasteiger partial charge in [-0.25, -0.2) is 13.9 Å². The van der Waals surface area contributed by atoms with E-state index in [2.05, 4.69) is 4.90 Å². The zero-order valence-corrected chi connectivity index (χ0v) is 19.7. The number of rotatable bonds is 5. The number of piperazine rings is 1. The van der Waals surface area contributed by atoms with Gasteiger partial charge in [0, 0.05) is 47.7 Å². The van der Waals surface area contributed by atoms with Gasteiger partial charge in [-0.15, -0.1) is 11.3 Å². The Balaban J connectivity index is 1.54. The molecule has 0 spiro atoms. The molecular formula is C22H22ClN3O4S2. The summed E-state index contributed by atoms with van der Waals surface area (Å²) in [5.41, 5.74) is 4.01. The largest absolute Gasteiger partial charge is 0.368 e. The van der Waals surface area contributed by atoms with Crippen molar-refractivity contribution in [3.63, 3.8) is 0 Å². The molecule has 0 aliphatic carbocycles. The second-order valence-electron chi connectivity index (χ2n) is 7.41. The molecular weight excluding hydrogens is 470 g/mol. The van der Waals surface area contributed by atoms with Crippen LogP contribution in [0, 0.1) is 6.92 Å². The molecule has 32 heavy (non-hydrogen) atoms. The van der Waals surface area contributed by atoms with Gasteiger partial charge in [0.1, 0.15) is 4.21 Å². The van der Waals surface area contributed by atoms with Gasteiger partial charge in [0.25, 0.3) is 15.9 Å². The van der Waals surface area contributed by atoms with Crippen LogP contribution in [0.15, 0.2) is 52.7 Å². The normalized spacial score (nSPS) is 15.5. The van der Waals surface area contributed by atoms with Crippen molar-refractivity contribution >= 4 is 60.7 Å². The van der Waals surface area contributed by atoms with E-state index < -0.39 is 15.9 Å². The number of hydrogen-bond acceptors (Lipinski definition) is 6.